The zero-order valence-corrected chi connectivity index (χ0v) is 12.8. The van der Waals surface area contributed by atoms with Gasteiger partial charge in [0.25, 0.3) is 0 Å². The molecule has 0 atom stereocenters. The van der Waals surface area contributed by atoms with Gasteiger partial charge >= 0.3 is 0 Å². The quantitative estimate of drug-likeness (QED) is 0.549. The van der Waals surface area contributed by atoms with Crippen LogP contribution < -0.4 is 4.74 Å². The number of methoxy groups -OCH3 is 1. The number of rotatable bonds is 3. The topological polar surface area (TPSA) is 26.5 Å². The van der Waals surface area contributed by atoms with E-state index in [1.165, 1.54) is 0 Å². The molecule has 3 heteroatoms. The van der Waals surface area contributed by atoms with Gasteiger partial charge in [-0.1, -0.05) is 36.4 Å². The minimum absolute atomic E-state index is 0.850. The van der Waals surface area contributed by atoms with Crippen molar-refractivity contribution in [2.24, 2.45) is 0 Å². The lowest BCUT2D eigenvalue weighted by atomic mass is 10.1. The molecule has 0 bridgehead atoms. The van der Waals surface area contributed by atoms with Crippen molar-refractivity contribution >= 4 is 5.52 Å². The first kappa shape index (κ1) is 13.6. The molecule has 0 unspecified atom stereocenters. The molecule has 0 N–H and O–H groups in total. The monoisotopic (exact) mass is 300 g/mol. The fourth-order valence-corrected chi connectivity index (χ4v) is 2.75. The molecule has 0 saturated heterocycles. The number of hydrogen-bond donors (Lipinski definition) is 0. The van der Waals surface area contributed by atoms with Gasteiger partial charge in [-0.3, -0.25) is 0 Å². The van der Waals surface area contributed by atoms with Gasteiger partial charge in [0, 0.05) is 11.1 Å². The van der Waals surface area contributed by atoms with E-state index in [0.29, 0.717) is 0 Å². The van der Waals surface area contributed by atoms with Crippen LogP contribution in [0.5, 0.6) is 5.75 Å². The fraction of sp³-hybridized carbons (Fsp3) is 0.0500. The van der Waals surface area contributed by atoms with E-state index in [0.717, 1.165) is 33.8 Å². The number of aromatic nitrogens is 2. The molecular weight excluding hydrogens is 284 g/mol. The third-order valence-electron chi connectivity index (χ3n) is 3.94. The molecular formula is C20H16N2O. The maximum atomic E-state index is 5.22. The van der Waals surface area contributed by atoms with Gasteiger partial charge in [0.1, 0.15) is 5.75 Å². The molecule has 0 aliphatic rings. The van der Waals surface area contributed by atoms with E-state index >= 15 is 0 Å². The minimum atomic E-state index is 0.850. The summed E-state index contributed by atoms with van der Waals surface area (Å²) in [5, 5.41) is 4.79. The van der Waals surface area contributed by atoms with Crippen molar-refractivity contribution < 1.29 is 4.74 Å². The van der Waals surface area contributed by atoms with Gasteiger partial charge in [-0.15, -0.1) is 0 Å². The van der Waals surface area contributed by atoms with Crippen molar-refractivity contribution in [2.75, 3.05) is 7.11 Å². The highest BCUT2D eigenvalue weighted by atomic mass is 16.5. The van der Waals surface area contributed by atoms with Crippen LogP contribution in [-0.4, -0.2) is 16.7 Å². The van der Waals surface area contributed by atoms with E-state index < -0.39 is 0 Å². The highest BCUT2D eigenvalue weighted by Crippen LogP contribution is 2.26. The Kier molecular flexibility index (Phi) is 3.31. The number of fused-ring (bicyclic) bond motifs is 1. The van der Waals surface area contributed by atoms with Gasteiger partial charge in [0.2, 0.25) is 0 Å². The van der Waals surface area contributed by atoms with Gasteiger partial charge < -0.3 is 4.74 Å². The highest BCUT2D eigenvalue weighted by molar-refractivity contribution is 5.70. The van der Waals surface area contributed by atoms with Crippen LogP contribution in [0, 0.1) is 0 Å². The zero-order chi connectivity index (χ0) is 15.6. The molecule has 112 valence electrons. The van der Waals surface area contributed by atoms with Crippen molar-refractivity contribution in [1.29, 1.82) is 0 Å². The van der Waals surface area contributed by atoms with Gasteiger partial charge in [-0.2, -0.15) is 5.10 Å². The summed E-state index contributed by atoms with van der Waals surface area (Å²) in [4.78, 5) is 0. The lowest BCUT2D eigenvalue weighted by Gasteiger charge is -2.04. The van der Waals surface area contributed by atoms with Crippen LogP contribution in [0.2, 0.25) is 0 Å². The van der Waals surface area contributed by atoms with Crippen molar-refractivity contribution in [3.8, 4) is 28.3 Å². The van der Waals surface area contributed by atoms with Gasteiger partial charge in [0.05, 0.1) is 24.0 Å². The predicted molar refractivity (Wildman–Crippen MR) is 92.6 cm³/mol. The molecule has 0 aliphatic carbocycles. The van der Waals surface area contributed by atoms with Gasteiger partial charge in [-0.25, -0.2) is 4.52 Å². The molecule has 4 aromatic rings. The molecule has 0 aliphatic heterocycles. The maximum Gasteiger partial charge on any atom is 0.118 e. The summed E-state index contributed by atoms with van der Waals surface area (Å²) in [6.45, 7) is 0. The Morgan fingerprint density at radius 3 is 2.30 bits per heavy atom. The summed E-state index contributed by atoms with van der Waals surface area (Å²) >= 11 is 0. The van der Waals surface area contributed by atoms with Gasteiger partial charge in [0.15, 0.2) is 0 Å². The largest absolute Gasteiger partial charge is 0.497 e. The Hall–Kier alpha value is -3.07. The summed E-state index contributed by atoms with van der Waals surface area (Å²) in [7, 11) is 1.67. The Morgan fingerprint density at radius 2 is 1.57 bits per heavy atom. The van der Waals surface area contributed by atoms with Crippen LogP contribution in [-0.2, 0) is 0 Å². The number of pyridine rings is 1. The lowest BCUT2D eigenvalue weighted by Crippen LogP contribution is -1.93. The summed E-state index contributed by atoms with van der Waals surface area (Å²) in [6, 6.07) is 26.6. The number of hydrogen-bond acceptors (Lipinski definition) is 2. The van der Waals surface area contributed by atoms with Crippen molar-refractivity contribution in [3.05, 3.63) is 78.9 Å². The molecule has 4 rings (SSSR count). The number of nitrogens with zero attached hydrogens (tertiary/aromatic N) is 2. The lowest BCUT2D eigenvalue weighted by molar-refractivity contribution is 0.415. The first-order valence-corrected chi connectivity index (χ1v) is 7.54. The summed E-state index contributed by atoms with van der Waals surface area (Å²) in [6.07, 6.45) is 0. The number of benzene rings is 2. The smallest absolute Gasteiger partial charge is 0.118 e. The summed E-state index contributed by atoms with van der Waals surface area (Å²) < 4.78 is 7.21. The third kappa shape index (κ3) is 2.46. The predicted octanol–water partition coefficient (Wildman–Crippen LogP) is 4.68. The van der Waals surface area contributed by atoms with Crippen molar-refractivity contribution in [2.45, 2.75) is 0 Å². The molecule has 0 radical (unpaired) electrons. The molecule has 0 amide bonds. The minimum Gasteiger partial charge on any atom is -0.497 e. The Morgan fingerprint density at radius 1 is 0.783 bits per heavy atom. The van der Waals surface area contributed by atoms with E-state index in [2.05, 4.69) is 36.4 Å². The van der Waals surface area contributed by atoms with Crippen molar-refractivity contribution in [3.63, 3.8) is 0 Å². The Labute approximate surface area is 134 Å². The standard InChI is InChI=1S/C20H16N2O/c1-23-18-12-10-15(11-13-18)19-14-17-8-5-9-20(22(17)21-19)16-6-3-2-4-7-16/h2-14H,1H3. The van der Waals surface area contributed by atoms with Crippen LogP contribution in [0.3, 0.4) is 0 Å². The third-order valence-corrected chi connectivity index (χ3v) is 3.94. The SMILES string of the molecule is COc1ccc(-c2cc3cccc(-c4ccccc4)n3n2)cc1. The van der Waals surface area contributed by atoms with Crippen LogP contribution in [0.4, 0.5) is 0 Å². The highest BCUT2D eigenvalue weighted by Gasteiger charge is 2.08. The molecule has 2 aromatic heterocycles. The summed E-state index contributed by atoms with van der Waals surface area (Å²) in [5.41, 5.74) is 5.35. The first-order chi connectivity index (χ1) is 11.3. The zero-order valence-electron chi connectivity index (χ0n) is 12.8. The fourth-order valence-electron chi connectivity index (χ4n) is 2.75. The second kappa shape index (κ2) is 5.61. The molecule has 3 nitrogen and oxygen atoms in total. The van der Waals surface area contributed by atoms with E-state index in [1.54, 1.807) is 7.11 Å². The molecule has 2 heterocycles. The molecule has 0 fully saturated rings. The molecule has 0 spiro atoms. The van der Waals surface area contributed by atoms with Crippen LogP contribution in [0.15, 0.2) is 78.9 Å². The van der Waals surface area contributed by atoms with E-state index in [-0.39, 0.29) is 0 Å². The number of ether oxygens (including phenoxy) is 1. The van der Waals surface area contributed by atoms with E-state index in [4.69, 9.17) is 9.84 Å². The van der Waals surface area contributed by atoms with Gasteiger partial charge in [-0.05, 0) is 42.5 Å². The van der Waals surface area contributed by atoms with Crippen molar-refractivity contribution in [1.82, 2.24) is 9.61 Å². The normalized spacial score (nSPS) is 10.8. The molecule has 0 saturated carbocycles. The average molecular weight is 300 g/mol. The Balaban J connectivity index is 1.84. The molecule has 2 aromatic carbocycles. The van der Waals surface area contributed by atoms with Crippen LogP contribution in [0.25, 0.3) is 28.0 Å². The first-order valence-electron chi connectivity index (χ1n) is 7.54. The average Bonchev–Trinajstić information content (AvgIpc) is 3.06. The van der Waals surface area contributed by atoms with E-state index in [9.17, 15) is 0 Å². The second-order valence-corrected chi connectivity index (χ2v) is 5.37. The summed E-state index contributed by atoms with van der Waals surface area (Å²) in [5.74, 6) is 0.850. The van der Waals surface area contributed by atoms with Crippen LogP contribution >= 0.6 is 0 Å². The maximum absolute atomic E-state index is 5.22. The Bertz CT molecular complexity index is 940. The molecule has 23 heavy (non-hydrogen) atoms. The van der Waals surface area contributed by atoms with E-state index in [1.807, 2.05) is 47.0 Å². The van der Waals surface area contributed by atoms with Crippen LogP contribution in [0.1, 0.15) is 0 Å². The second-order valence-electron chi connectivity index (χ2n) is 5.37.